The van der Waals surface area contributed by atoms with Gasteiger partial charge in [0.05, 0.1) is 22.2 Å². The minimum absolute atomic E-state index is 0.230. The van der Waals surface area contributed by atoms with E-state index in [4.69, 9.17) is 16.9 Å². The second-order valence-electron chi connectivity index (χ2n) is 4.13. The number of carbonyl (C=O) groups is 1. The standard InChI is InChI=1S/C15H10BrClN2O/c1-19(11-5-2-4-10(8-11)9-18)15(20)12-6-3-7-13(16)14(12)17/h2-8H,1H3. The summed E-state index contributed by atoms with van der Waals surface area (Å²) >= 11 is 9.43. The van der Waals surface area contributed by atoms with Crippen molar-refractivity contribution in [3.63, 3.8) is 0 Å². The van der Waals surface area contributed by atoms with Crippen LogP contribution in [0.1, 0.15) is 15.9 Å². The van der Waals surface area contributed by atoms with Crippen LogP contribution < -0.4 is 4.90 Å². The van der Waals surface area contributed by atoms with E-state index in [-0.39, 0.29) is 5.91 Å². The van der Waals surface area contributed by atoms with Crippen LogP contribution in [0.25, 0.3) is 0 Å². The Morgan fingerprint density at radius 3 is 2.70 bits per heavy atom. The fourth-order valence-corrected chi connectivity index (χ4v) is 2.32. The lowest BCUT2D eigenvalue weighted by molar-refractivity contribution is 0.0993. The number of rotatable bonds is 2. The largest absolute Gasteiger partial charge is 0.311 e. The van der Waals surface area contributed by atoms with Crippen LogP contribution in [0.3, 0.4) is 0 Å². The third kappa shape index (κ3) is 2.84. The van der Waals surface area contributed by atoms with Gasteiger partial charge in [0.15, 0.2) is 0 Å². The fraction of sp³-hybridized carbons (Fsp3) is 0.0667. The number of amides is 1. The molecule has 0 saturated carbocycles. The van der Waals surface area contributed by atoms with Gasteiger partial charge in [0.2, 0.25) is 0 Å². The molecule has 3 nitrogen and oxygen atoms in total. The molecular weight excluding hydrogens is 340 g/mol. The van der Waals surface area contributed by atoms with Crippen LogP contribution in [0.15, 0.2) is 46.9 Å². The number of halogens is 2. The van der Waals surface area contributed by atoms with Crippen molar-refractivity contribution >= 4 is 39.1 Å². The molecule has 0 fully saturated rings. The van der Waals surface area contributed by atoms with E-state index in [0.29, 0.717) is 26.3 Å². The van der Waals surface area contributed by atoms with Crippen LogP contribution in [0.5, 0.6) is 0 Å². The summed E-state index contributed by atoms with van der Waals surface area (Å²) in [5.74, 6) is -0.230. The first-order chi connectivity index (χ1) is 9.54. The lowest BCUT2D eigenvalue weighted by Gasteiger charge is -2.18. The third-order valence-corrected chi connectivity index (χ3v) is 4.15. The zero-order valence-corrected chi connectivity index (χ0v) is 12.9. The van der Waals surface area contributed by atoms with Gasteiger partial charge in [0.1, 0.15) is 0 Å². The highest BCUT2D eigenvalue weighted by Crippen LogP contribution is 2.28. The van der Waals surface area contributed by atoms with Gasteiger partial charge < -0.3 is 4.90 Å². The van der Waals surface area contributed by atoms with E-state index in [9.17, 15) is 4.79 Å². The summed E-state index contributed by atoms with van der Waals surface area (Å²) in [5.41, 5.74) is 1.55. The van der Waals surface area contributed by atoms with E-state index in [1.165, 1.54) is 4.90 Å². The normalized spacial score (nSPS) is 9.90. The van der Waals surface area contributed by atoms with Crippen molar-refractivity contribution < 1.29 is 4.79 Å². The van der Waals surface area contributed by atoms with Crippen molar-refractivity contribution in [1.29, 1.82) is 5.26 Å². The maximum absolute atomic E-state index is 12.5. The molecule has 5 heteroatoms. The molecule has 2 aromatic carbocycles. The maximum Gasteiger partial charge on any atom is 0.259 e. The first kappa shape index (κ1) is 14.6. The SMILES string of the molecule is CN(C(=O)c1cccc(Br)c1Cl)c1cccc(C#N)c1. The molecule has 0 saturated heterocycles. The van der Waals surface area contributed by atoms with Crippen molar-refractivity contribution in [1.82, 2.24) is 0 Å². The van der Waals surface area contributed by atoms with Gasteiger partial charge in [-0.05, 0) is 46.3 Å². The Hall–Kier alpha value is -1.83. The lowest BCUT2D eigenvalue weighted by Crippen LogP contribution is -2.26. The Morgan fingerprint density at radius 1 is 1.30 bits per heavy atom. The van der Waals surface area contributed by atoms with Gasteiger partial charge in [-0.15, -0.1) is 0 Å². The second-order valence-corrected chi connectivity index (χ2v) is 5.36. The smallest absolute Gasteiger partial charge is 0.259 e. The minimum Gasteiger partial charge on any atom is -0.311 e. The van der Waals surface area contributed by atoms with Gasteiger partial charge in [-0.2, -0.15) is 5.26 Å². The molecule has 0 aromatic heterocycles. The van der Waals surface area contributed by atoms with Crippen LogP contribution in [0, 0.1) is 11.3 Å². The van der Waals surface area contributed by atoms with Crippen molar-refractivity contribution in [3.05, 3.63) is 63.1 Å². The van der Waals surface area contributed by atoms with E-state index < -0.39 is 0 Å². The van der Waals surface area contributed by atoms with Gasteiger partial charge in [-0.3, -0.25) is 4.79 Å². The Balaban J connectivity index is 2.38. The van der Waals surface area contributed by atoms with Gasteiger partial charge in [0.25, 0.3) is 5.91 Å². The number of hydrogen-bond donors (Lipinski definition) is 0. The van der Waals surface area contributed by atoms with Crippen LogP contribution in [-0.2, 0) is 0 Å². The molecule has 2 rings (SSSR count). The number of carbonyl (C=O) groups excluding carboxylic acids is 1. The summed E-state index contributed by atoms with van der Waals surface area (Å²) in [6.45, 7) is 0. The number of hydrogen-bond acceptors (Lipinski definition) is 2. The summed E-state index contributed by atoms with van der Waals surface area (Å²) in [6.07, 6.45) is 0. The summed E-state index contributed by atoms with van der Waals surface area (Å²) in [6, 6.07) is 14.1. The zero-order valence-electron chi connectivity index (χ0n) is 10.6. The highest BCUT2D eigenvalue weighted by atomic mass is 79.9. The predicted octanol–water partition coefficient (Wildman–Crippen LogP) is 4.25. The van der Waals surface area contributed by atoms with Crippen molar-refractivity contribution in [2.24, 2.45) is 0 Å². The van der Waals surface area contributed by atoms with E-state index >= 15 is 0 Å². The molecule has 1 amide bonds. The molecule has 0 bridgehead atoms. The van der Waals surface area contributed by atoms with Crippen molar-refractivity contribution in [2.75, 3.05) is 11.9 Å². The summed E-state index contributed by atoms with van der Waals surface area (Å²) in [7, 11) is 1.65. The lowest BCUT2D eigenvalue weighted by atomic mass is 10.1. The molecule has 0 aliphatic rings. The molecule has 0 N–H and O–H groups in total. The number of nitrogens with zero attached hydrogens (tertiary/aromatic N) is 2. The van der Waals surface area contributed by atoms with Crippen LogP contribution in [-0.4, -0.2) is 13.0 Å². The van der Waals surface area contributed by atoms with Gasteiger partial charge >= 0.3 is 0 Å². The van der Waals surface area contributed by atoms with Crippen molar-refractivity contribution in [3.8, 4) is 6.07 Å². The van der Waals surface area contributed by atoms with Crippen LogP contribution in [0.4, 0.5) is 5.69 Å². The van der Waals surface area contributed by atoms with E-state index in [1.54, 1.807) is 49.5 Å². The Kier molecular flexibility index (Phi) is 4.43. The van der Waals surface area contributed by atoms with E-state index in [0.717, 1.165) is 0 Å². The van der Waals surface area contributed by atoms with Gasteiger partial charge in [-0.25, -0.2) is 0 Å². The summed E-state index contributed by atoms with van der Waals surface area (Å²) in [4.78, 5) is 13.9. The van der Waals surface area contributed by atoms with Crippen LogP contribution >= 0.6 is 27.5 Å². The molecule has 0 atom stereocenters. The van der Waals surface area contributed by atoms with E-state index in [1.807, 2.05) is 6.07 Å². The monoisotopic (exact) mass is 348 g/mol. The second kappa shape index (κ2) is 6.08. The van der Waals surface area contributed by atoms with Gasteiger partial charge in [0, 0.05) is 17.2 Å². The highest BCUT2D eigenvalue weighted by molar-refractivity contribution is 9.10. The molecule has 2 aromatic rings. The minimum atomic E-state index is -0.230. The van der Waals surface area contributed by atoms with E-state index in [2.05, 4.69) is 15.9 Å². The zero-order chi connectivity index (χ0) is 14.7. The molecule has 0 heterocycles. The predicted molar refractivity (Wildman–Crippen MR) is 83.0 cm³/mol. The maximum atomic E-state index is 12.5. The summed E-state index contributed by atoms with van der Waals surface area (Å²) in [5, 5.41) is 9.27. The quantitative estimate of drug-likeness (QED) is 0.813. The molecule has 0 aliphatic heterocycles. The molecule has 100 valence electrons. The van der Waals surface area contributed by atoms with Gasteiger partial charge in [-0.1, -0.05) is 23.7 Å². The first-order valence-electron chi connectivity index (χ1n) is 5.77. The number of benzene rings is 2. The average molecular weight is 350 g/mol. The average Bonchev–Trinajstić information content (AvgIpc) is 2.48. The fourth-order valence-electron chi connectivity index (χ4n) is 1.75. The molecule has 20 heavy (non-hydrogen) atoms. The van der Waals surface area contributed by atoms with Crippen molar-refractivity contribution in [2.45, 2.75) is 0 Å². The molecule has 0 aliphatic carbocycles. The Labute approximate surface area is 130 Å². The highest BCUT2D eigenvalue weighted by Gasteiger charge is 2.17. The molecular formula is C15H10BrClN2O. The Bertz CT molecular complexity index is 709. The Morgan fingerprint density at radius 2 is 2.00 bits per heavy atom. The molecule has 0 unspecified atom stereocenters. The molecule has 0 spiro atoms. The first-order valence-corrected chi connectivity index (χ1v) is 6.94. The summed E-state index contributed by atoms with van der Waals surface area (Å²) < 4.78 is 0.671. The molecule has 0 radical (unpaired) electrons. The third-order valence-electron chi connectivity index (χ3n) is 2.85. The van der Waals surface area contributed by atoms with Crippen LogP contribution in [0.2, 0.25) is 5.02 Å². The number of anilines is 1. The number of nitriles is 1. The topological polar surface area (TPSA) is 44.1 Å².